The summed E-state index contributed by atoms with van der Waals surface area (Å²) in [5.74, 6) is 0.104. The molecule has 0 atom stereocenters. The summed E-state index contributed by atoms with van der Waals surface area (Å²) in [5.41, 5.74) is 5.12. The lowest BCUT2D eigenvalue weighted by Crippen LogP contribution is -2.46. The van der Waals surface area contributed by atoms with Crippen molar-refractivity contribution in [2.45, 2.75) is 25.8 Å². The van der Waals surface area contributed by atoms with Crippen LogP contribution in [0.15, 0.2) is 46.9 Å². The standard InChI is InChI=1S/C22H22BrN4O/c1-14-17-12-15(23)6-7-18(17)25-21(14)22(28)26-10-8-16(9-11-26)27-13-24-19-4-2-3-5-20(19)27/h2-7,12-13,16,24-25H,8-11H2,1H3. The van der Waals surface area contributed by atoms with Gasteiger partial charge in [-0.05, 0) is 55.7 Å². The van der Waals surface area contributed by atoms with Gasteiger partial charge in [-0.15, -0.1) is 0 Å². The number of likely N-dealkylation sites (tertiary alicyclic amines) is 1. The molecular weight excluding hydrogens is 416 g/mol. The highest BCUT2D eigenvalue weighted by atomic mass is 79.9. The zero-order chi connectivity index (χ0) is 19.3. The van der Waals surface area contributed by atoms with E-state index in [0.717, 1.165) is 52.6 Å². The molecule has 0 bridgehead atoms. The molecule has 28 heavy (non-hydrogen) atoms. The summed E-state index contributed by atoms with van der Waals surface area (Å²) < 4.78 is 1.03. The zero-order valence-electron chi connectivity index (χ0n) is 15.7. The highest BCUT2D eigenvalue weighted by Gasteiger charge is 2.32. The van der Waals surface area contributed by atoms with E-state index in [4.69, 9.17) is 0 Å². The van der Waals surface area contributed by atoms with E-state index in [0.29, 0.717) is 11.7 Å². The predicted molar refractivity (Wildman–Crippen MR) is 117 cm³/mol. The van der Waals surface area contributed by atoms with Crippen LogP contribution in [0.5, 0.6) is 0 Å². The highest BCUT2D eigenvalue weighted by Crippen LogP contribution is 2.36. The molecule has 6 heteroatoms. The summed E-state index contributed by atoms with van der Waals surface area (Å²) in [6.07, 6.45) is 1.92. The monoisotopic (exact) mass is 437 g/mol. The van der Waals surface area contributed by atoms with Crippen LogP contribution in [-0.4, -0.2) is 34.9 Å². The maximum atomic E-state index is 13.2. The van der Waals surface area contributed by atoms with Crippen LogP contribution in [0.25, 0.3) is 10.9 Å². The number of aromatic nitrogens is 1. The van der Waals surface area contributed by atoms with E-state index in [2.05, 4.69) is 62.1 Å². The van der Waals surface area contributed by atoms with E-state index in [1.54, 1.807) is 0 Å². The molecule has 2 N–H and O–H groups in total. The number of carbonyl (C=O) groups is 1. The van der Waals surface area contributed by atoms with Gasteiger partial charge in [-0.2, -0.15) is 0 Å². The van der Waals surface area contributed by atoms with Crippen LogP contribution in [0.3, 0.4) is 0 Å². The molecule has 0 saturated carbocycles. The van der Waals surface area contributed by atoms with Gasteiger partial charge in [0, 0.05) is 34.5 Å². The van der Waals surface area contributed by atoms with Crippen molar-refractivity contribution >= 4 is 44.1 Å². The number of hydrogen-bond donors (Lipinski definition) is 2. The maximum Gasteiger partial charge on any atom is 0.270 e. The van der Waals surface area contributed by atoms with Crippen LogP contribution in [0, 0.1) is 13.6 Å². The van der Waals surface area contributed by atoms with Crippen molar-refractivity contribution in [3.8, 4) is 0 Å². The number of carbonyl (C=O) groups excluding carboxylic acids is 1. The molecular formula is C22H22BrN4O. The molecule has 1 saturated heterocycles. The minimum Gasteiger partial charge on any atom is -0.360 e. The first kappa shape index (κ1) is 17.6. The zero-order valence-corrected chi connectivity index (χ0v) is 17.3. The summed E-state index contributed by atoms with van der Waals surface area (Å²) in [5, 5.41) is 4.44. The largest absolute Gasteiger partial charge is 0.360 e. The number of aryl methyl sites for hydroxylation is 1. The Bertz CT molecular complexity index is 1050. The topological polar surface area (TPSA) is 51.4 Å². The van der Waals surface area contributed by atoms with Crippen LogP contribution in [0.4, 0.5) is 11.4 Å². The molecule has 1 amide bonds. The number of para-hydroxylation sites is 2. The van der Waals surface area contributed by atoms with E-state index in [1.165, 1.54) is 5.69 Å². The minimum atomic E-state index is 0.104. The fourth-order valence-electron chi connectivity index (χ4n) is 4.35. The molecule has 5 nitrogen and oxygen atoms in total. The second-order valence-electron chi connectivity index (χ2n) is 7.54. The van der Waals surface area contributed by atoms with Gasteiger partial charge in [-0.1, -0.05) is 28.1 Å². The van der Waals surface area contributed by atoms with E-state index < -0.39 is 0 Å². The molecule has 1 fully saturated rings. The third-order valence-electron chi connectivity index (χ3n) is 5.92. The van der Waals surface area contributed by atoms with Gasteiger partial charge in [-0.3, -0.25) is 4.79 Å². The van der Waals surface area contributed by atoms with Gasteiger partial charge in [0.2, 0.25) is 0 Å². The quantitative estimate of drug-likeness (QED) is 0.599. The van der Waals surface area contributed by atoms with Crippen LogP contribution in [0.2, 0.25) is 0 Å². The average Bonchev–Trinajstić information content (AvgIpc) is 3.29. The molecule has 143 valence electrons. The first-order valence-electron chi connectivity index (χ1n) is 9.66. The van der Waals surface area contributed by atoms with E-state index in [1.807, 2.05) is 30.0 Å². The molecule has 2 aliphatic rings. The number of aromatic amines is 1. The number of benzene rings is 2. The summed E-state index contributed by atoms with van der Waals surface area (Å²) in [6, 6.07) is 14.9. The minimum absolute atomic E-state index is 0.104. The number of halogens is 1. The van der Waals surface area contributed by atoms with Crippen molar-refractivity contribution < 1.29 is 4.79 Å². The summed E-state index contributed by atoms with van der Waals surface area (Å²) in [6.45, 7) is 5.63. The van der Waals surface area contributed by atoms with Gasteiger partial charge >= 0.3 is 0 Å². The number of nitrogens with zero attached hydrogens (tertiary/aromatic N) is 2. The predicted octanol–water partition coefficient (Wildman–Crippen LogP) is 4.89. The highest BCUT2D eigenvalue weighted by molar-refractivity contribution is 9.10. The van der Waals surface area contributed by atoms with Gasteiger partial charge < -0.3 is 20.1 Å². The van der Waals surface area contributed by atoms with Crippen molar-refractivity contribution in [2.24, 2.45) is 0 Å². The first-order chi connectivity index (χ1) is 13.6. The molecule has 3 heterocycles. The van der Waals surface area contributed by atoms with Crippen LogP contribution < -0.4 is 10.2 Å². The van der Waals surface area contributed by atoms with Crippen molar-refractivity contribution in [2.75, 3.05) is 23.3 Å². The van der Waals surface area contributed by atoms with Crippen molar-refractivity contribution in [1.82, 2.24) is 9.88 Å². The molecule has 2 aliphatic heterocycles. The Labute approximate surface area is 172 Å². The van der Waals surface area contributed by atoms with Crippen molar-refractivity contribution in [1.29, 1.82) is 0 Å². The first-order valence-corrected chi connectivity index (χ1v) is 10.5. The molecule has 2 aromatic carbocycles. The van der Waals surface area contributed by atoms with Gasteiger partial charge in [0.1, 0.15) is 12.4 Å². The third-order valence-corrected chi connectivity index (χ3v) is 6.41. The summed E-state index contributed by atoms with van der Waals surface area (Å²) in [7, 11) is 0. The Balaban J connectivity index is 1.31. The maximum absolute atomic E-state index is 13.2. The number of hydrogen-bond acceptors (Lipinski definition) is 3. The van der Waals surface area contributed by atoms with Crippen molar-refractivity contribution in [3.05, 3.63) is 64.9 Å². The van der Waals surface area contributed by atoms with Crippen LogP contribution >= 0.6 is 15.9 Å². The Morgan fingerprint density at radius 2 is 1.93 bits per heavy atom. The number of nitrogens with one attached hydrogen (secondary N) is 2. The lowest BCUT2D eigenvalue weighted by molar-refractivity contribution is 0.0708. The Morgan fingerprint density at radius 3 is 2.75 bits per heavy atom. The molecule has 5 rings (SSSR count). The number of piperidine rings is 1. The number of anilines is 2. The van der Waals surface area contributed by atoms with Crippen LogP contribution in [-0.2, 0) is 0 Å². The molecule has 0 aliphatic carbocycles. The molecule has 1 aromatic heterocycles. The second kappa shape index (κ2) is 6.85. The van der Waals surface area contributed by atoms with Gasteiger partial charge in [-0.25, -0.2) is 0 Å². The van der Waals surface area contributed by atoms with Crippen LogP contribution in [0.1, 0.15) is 28.9 Å². The molecule has 3 aromatic rings. The van der Waals surface area contributed by atoms with Gasteiger partial charge in [0.05, 0.1) is 11.4 Å². The molecule has 0 spiro atoms. The van der Waals surface area contributed by atoms with Gasteiger partial charge in [0.15, 0.2) is 0 Å². The lowest BCUT2D eigenvalue weighted by atomic mass is 10.0. The number of amides is 1. The molecule has 1 radical (unpaired) electrons. The fourth-order valence-corrected chi connectivity index (χ4v) is 4.71. The summed E-state index contributed by atoms with van der Waals surface area (Å²) >= 11 is 3.52. The van der Waals surface area contributed by atoms with Gasteiger partial charge in [0.25, 0.3) is 5.91 Å². The fraction of sp³-hybridized carbons (Fsp3) is 0.273. The van der Waals surface area contributed by atoms with E-state index >= 15 is 0 Å². The molecule has 0 unspecified atom stereocenters. The number of H-pyrrole nitrogens is 1. The Morgan fingerprint density at radius 1 is 1.14 bits per heavy atom. The lowest BCUT2D eigenvalue weighted by Gasteiger charge is -2.37. The second-order valence-corrected chi connectivity index (χ2v) is 8.45. The summed E-state index contributed by atoms with van der Waals surface area (Å²) in [4.78, 5) is 20.8. The Hall–Kier alpha value is -2.47. The van der Waals surface area contributed by atoms with E-state index in [9.17, 15) is 4.79 Å². The SMILES string of the molecule is Cc1c(C(=O)N2CCC(N3[CH]Nc4ccccc43)CC2)[nH]c2ccc(Br)cc12. The average molecular weight is 438 g/mol. The Kier molecular flexibility index (Phi) is 4.31. The smallest absolute Gasteiger partial charge is 0.270 e. The third kappa shape index (κ3) is 2.87. The number of rotatable bonds is 2. The normalized spacial score (nSPS) is 17.1. The number of fused-ring (bicyclic) bond motifs is 2. The van der Waals surface area contributed by atoms with E-state index in [-0.39, 0.29) is 5.91 Å². The van der Waals surface area contributed by atoms with Crippen molar-refractivity contribution in [3.63, 3.8) is 0 Å².